The quantitative estimate of drug-likeness (QED) is 0.857. The molecule has 2 rings (SSSR count). The number of benzene rings is 1. The number of rotatable bonds is 2. The number of hydrogen-bond donors (Lipinski definition) is 1. The second-order valence-corrected chi connectivity index (χ2v) is 4.79. The molecular weight excluding hydrogens is 311 g/mol. The average Bonchev–Trinajstić information content (AvgIpc) is 2.57. The van der Waals surface area contributed by atoms with E-state index in [0.717, 1.165) is 19.4 Å². The van der Waals surface area contributed by atoms with Crippen LogP contribution in [0.15, 0.2) is 17.5 Å². The van der Waals surface area contributed by atoms with Crippen molar-refractivity contribution in [1.29, 1.82) is 0 Å². The van der Waals surface area contributed by atoms with Crippen LogP contribution in [0.1, 0.15) is 6.92 Å². The van der Waals surface area contributed by atoms with Crippen LogP contribution in [0.3, 0.4) is 0 Å². The van der Waals surface area contributed by atoms with Crippen molar-refractivity contribution in [1.82, 2.24) is 0 Å². The summed E-state index contributed by atoms with van der Waals surface area (Å²) in [7, 11) is 0. The summed E-state index contributed by atoms with van der Waals surface area (Å²) in [5.41, 5.74) is 0. The first kappa shape index (κ1) is 10.0. The fourth-order valence-corrected chi connectivity index (χ4v) is 3.12. The molecule has 74 valence electrons. The van der Waals surface area contributed by atoms with E-state index in [0.29, 0.717) is 12.4 Å². The highest BCUT2D eigenvalue weighted by Gasteiger charge is 2.11. The van der Waals surface area contributed by atoms with Crippen LogP contribution in [0.2, 0.25) is 0 Å². The Balaban J connectivity index is 2.69. The highest BCUT2D eigenvalue weighted by molar-refractivity contribution is 14.1. The summed E-state index contributed by atoms with van der Waals surface area (Å²) < 4.78 is 7.50. The molecule has 0 fully saturated rings. The number of ether oxygens (including phenoxy) is 1. The number of halogens is 1. The molecule has 0 bridgehead atoms. The first-order valence-corrected chi connectivity index (χ1v) is 6.21. The molecule has 4 heteroatoms. The molecule has 0 atom stereocenters. The van der Waals surface area contributed by atoms with Gasteiger partial charge in [-0.1, -0.05) is 0 Å². The van der Waals surface area contributed by atoms with Crippen molar-refractivity contribution < 1.29 is 9.84 Å². The fraction of sp³-hybridized carbons (Fsp3) is 0.200. The van der Waals surface area contributed by atoms with Crippen LogP contribution in [0.4, 0.5) is 0 Å². The number of fused-ring (bicyclic) bond motifs is 1. The summed E-state index contributed by atoms with van der Waals surface area (Å²) >= 11 is 3.78. The van der Waals surface area contributed by atoms with Crippen LogP contribution in [0.5, 0.6) is 11.5 Å². The van der Waals surface area contributed by atoms with Crippen molar-refractivity contribution in [2.75, 3.05) is 6.61 Å². The zero-order valence-corrected chi connectivity index (χ0v) is 10.6. The van der Waals surface area contributed by atoms with Gasteiger partial charge in [0.15, 0.2) is 0 Å². The molecule has 2 nitrogen and oxygen atoms in total. The third-order valence-corrected chi connectivity index (χ3v) is 3.94. The number of phenols is 1. The number of hydrogen-bond acceptors (Lipinski definition) is 3. The van der Waals surface area contributed by atoms with Crippen LogP contribution >= 0.6 is 33.9 Å². The van der Waals surface area contributed by atoms with Gasteiger partial charge in [-0.3, -0.25) is 0 Å². The van der Waals surface area contributed by atoms with Gasteiger partial charge in [0, 0.05) is 10.1 Å². The predicted molar refractivity (Wildman–Crippen MR) is 67.4 cm³/mol. The minimum Gasteiger partial charge on any atom is -0.507 e. The minimum absolute atomic E-state index is 0.317. The van der Waals surface area contributed by atoms with Gasteiger partial charge in [-0.2, -0.15) is 0 Å². The highest BCUT2D eigenvalue weighted by Crippen LogP contribution is 2.39. The van der Waals surface area contributed by atoms with E-state index in [9.17, 15) is 5.11 Å². The second-order valence-electron chi connectivity index (χ2n) is 2.80. The molecule has 1 heterocycles. The third kappa shape index (κ3) is 1.56. The van der Waals surface area contributed by atoms with E-state index in [1.807, 2.05) is 18.4 Å². The molecule has 1 aromatic heterocycles. The summed E-state index contributed by atoms with van der Waals surface area (Å²) in [4.78, 5) is 0. The van der Waals surface area contributed by atoms with E-state index in [1.54, 1.807) is 17.4 Å². The Bertz CT molecular complexity index is 464. The minimum atomic E-state index is 0.317. The summed E-state index contributed by atoms with van der Waals surface area (Å²) in [5.74, 6) is 1.19. The van der Waals surface area contributed by atoms with E-state index >= 15 is 0 Å². The molecule has 14 heavy (non-hydrogen) atoms. The molecule has 1 aromatic carbocycles. The van der Waals surface area contributed by atoms with Gasteiger partial charge in [0.05, 0.1) is 15.6 Å². The topological polar surface area (TPSA) is 29.5 Å². The van der Waals surface area contributed by atoms with E-state index in [4.69, 9.17) is 4.74 Å². The summed E-state index contributed by atoms with van der Waals surface area (Å²) in [6.07, 6.45) is 0. The molecule has 0 saturated heterocycles. The van der Waals surface area contributed by atoms with Crippen LogP contribution < -0.4 is 4.74 Å². The Labute approximate surface area is 99.7 Å². The van der Waals surface area contributed by atoms with Gasteiger partial charge in [-0.05, 0) is 41.6 Å². The van der Waals surface area contributed by atoms with Crippen LogP contribution in [-0.2, 0) is 0 Å². The Morgan fingerprint density at radius 1 is 1.50 bits per heavy atom. The lowest BCUT2D eigenvalue weighted by molar-refractivity contribution is 0.345. The largest absolute Gasteiger partial charge is 0.507 e. The van der Waals surface area contributed by atoms with Gasteiger partial charge in [0.25, 0.3) is 0 Å². The van der Waals surface area contributed by atoms with E-state index < -0.39 is 0 Å². The van der Waals surface area contributed by atoms with Crippen LogP contribution in [0, 0.1) is 3.57 Å². The molecule has 0 aliphatic carbocycles. The normalized spacial score (nSPS) is 10.7. The smallest absolute Gasteiger partial charge is 0.139 e. The van der Waals surface area contributed by atoms with Gasteiger partial charge in [-0.15, -0.1) is 11.3 Å². The van der Waals surface area contributed by atoms with Crippen molar-refractivity contribution in [3.8, 4) is 11.5 Å². The summed E-state index contributed by atoms with van der Waals surface area (Å²) in [5, 5.41) is 12.6. The fourth-order valence-electron chi connectivity index (χ4n) is 1.31. The lowest BCUT2D eigenvalue weighted by Crippen LogP contribution is -1.90. The molecule has 0 unspecified atom stereocenters. The van der Waals surface area contributed by atoms with Crippen molar-refractivity contribution in [3.05, 3.63) is 21.1 Å². The number of phenolic OH excluding ortho intramolecular Hbond substituents is 1. The SMILES string of the molecule is CCOc1csc2ccc(O)c(I)c12. The summed E-state index contributed by atoms with van der Waals surface area (Å²) in [6, 6.07) is 3.64. The molecule has 0 saturated carbocycles. The Kier molecular flexibility index (Phi) is 2.83. The first-order valence-electron chi connectivity index (χ1n) is 4.25. The standard InChI is InChI=1S/C10H9IO2S/c1-2-13-7-5-14-8-4-3-6(12)10(11)9(7)8/h3-5,12H,2H2,1H3. The van der Waals surface area contributed by atoms with E-state index in [-0.39, 0.29) is 0 Å². The molecule has 0 spiro atoms. The van der Waals surface area contributed by atoms with Gasteiger partial charge in [-0.25, -0.2) is 0 Å². The number of aromatic hydroxyl groups is 1. The molecule has 0 amide bonds. The highest BCUT2D eigenvalue weighted by atomic mass is 127. The third-order valence-electron chi connectivity index (χ3n) is 1.92. The van der Waals surface area contributed by atoms with Crippen molar-refractivity contribution in [2.45, 2.75) is 6.92 Å². The lowest BCUT2D eigenvalue weighted by atomic mass is 10.2. The first-order chi connectivity index (χ1) is 6.74. The Hall–Kier alpha value is -0.490. The zero-order valence-electron chi connectivity index (χ0n) is 7.58. The maximum atomic E-state index is 9.57. The molecule has 0 aliphatic heterocycles. The summed E-state index contributed by atoms with van der Waals surface area (Å²) in [6.45, 7) is 2.61. The molecule has 0 aliphatic rings. The number of thiophene rings is 1. The molecule has 2 aromatic rings. The van der Waals surface area contributed by atoms with E-state index in [1.165, 1.54) is 0 Å². The molecule has 1 N–H and O–H groups in total. The van der Waals surface area contributed by atoms with Crippen molar-refractivity contribution in [2.24, 2.45) is 0 Å². The average molecular weight is 320 g/mol. The lowest BCUT2D eigenvalue weighted by Gasteiger charge is -2.03. The second kappa shape index (κ2) is 3.94. The van der Waals surface area contributed by atoms with Crippen molar-refractivity contribution >= 4 is 44.0 Å². The van der Waals surface area contributed by atoms with Crippen molar-refractivity contribution in [3.63, 3.8) is 0 Å². The molecule has 0 radical (unpaired) electrons. The maximum absolute atomic E-state index is 9.57. The maximum Gasteiger partial charge on any atom is 0.139 e. The van der Waals surface area contributed by atoms with Crippen LogP contribution in [0.25, 0.3) is 10.1 Å². The van der Waals surface area contributed by atoms with Gasteiger partial charge in [0.2, 0.25) is 0 Å². The van der Waals surface area contributed by atoms with Crippen LogP contribution in [-0.4, -0.2) is 11.7 Å². The monoisotopic (exact) mass is 320 g/mol. The zero-order chi connectivity index (χ0) is 10.1. The van der Waals surface area contributed by atoms with Gasteiger partial charge in [0.1, 0.15) is 11.5 Å². The molecular formula is C10H9IO2S. The predicted octanol–water partition coefficient (Wildman–Crippen LogP) is 3.61. The van der Waals surface area contributed by atoms with Gasteiger partial charge < -0.3 is 9.84 Å². The Morgan fingerprint density at radius 3 is 3.00 bits per heavy atom. The van der Waals surface area contributed by atoms with E-state index in [2.05, 4.69) is 22.6 Å². The van der Waals surface area contributed by atoms with Gasteiger partial charge >= 0.3 is 0 Å². The Morgan fingerprint density at radius 2 is 2.29 bits per heavy atom.